The maximum absolute atomic E-state index is 12.6. The Bertz CT molecular complexity index is 848. The Labute approximate surface area is 142 Å². The predicted octanol–water partition coefficient (Wildman–Crippen LogP) is 1.85. The summed E-state index contributed by atoms with van der Waals surface area (Å²) >= 11 is 0. The zero-order valence-electron chi connectivity index (χ0n) is 13.1. The van der Waals surface area contributed by atoms with Crippen LogP contribution in [-0.4, -0.2) is 36.8 Å². The molecule has 2 aromatic rings. The number of hydrogen-bond donors (Lipinski definition) is 1. The molecule has 10 heteroatoms. The molecule has 0 bridgehead atoms. The molecule has 0 radical (unpaired) electrons. The van der Waals surface area contributed by atoms with Crippen molar-refractivity contribution >= 4 is 10.1 Å². The first-order valence-electron chi connectivity index (χ1n) is 7.62. The van der Waals surface area contributed by atoms with E-state index < -0.39 is 21.5 Å². The molecular formula is C15H16F3N3O3S. The lowest BCUT2D eigenvalue weighted by molar-refractivity contribution is -0.0501. The van der Waals surface area contributed by atoms with Gasteiger partial charge in [-0.05, 0) is 18.5 Å². The number of fused-ring (bicyclic) bond motifs is 1. The average molecular weight is 375 g/mol. The maximum Gasteiger partial charge on any atom is 0.534 e. The van der Waals surface area contributed by atoms with E-state index >= 15 is 0 Å². The van der Waals surface area contributed by atoms with Crippen LogP contribution in [0.3, 0.4) is 0 Å². The normalized spacial score (nSPS) is 15.5. The van der Waals surface area contributed by atoms with Crippen LogP contribution < -0.4 is 9.50 Å². The summed E-state index contributed by atoms with van der Waals surface area (Å²) in [6.45, 7) is 1.45. The van der Waals surface area contributed by atoms with Crippen molar-refractivity contribution in [3.63, 3.8) is 0 Å². The van der Waals surface area contributed by atoms with E-state index in [0.29, 0.717) is 43.7 Å². The lowest BCUT2D eigenvalue weighted by Gasteiger charge is -2.08. The fourth-order valence-electron chi connectivity index (χ4n) is 2.69. The molecule has 0 amide bonds. The van der Waals surface area contributed by atoms with Gasteiger partial charge in [0.2, 0.25) is 0 Å². The molecule has 0 atom stereocenters. The minimum atomic E-state index is -5.75. The molecule has 1 aliphatic heterocycles. The third-order valence-electron chi connectivity index (χ3n) is 3.87. The number of halogens is 3. The SMILES string of the molecule is O=S(=O)(Oc1nn(Cc2ccccc2)c2c1CCNCC2)C(F)(F)F. The van der Waals surface area contributed by atoms with Crippen molar-refractivity contribution in [1.82, 2.24) is 15.1 Å². The van der Waals surface area contributed by atoms with E-state index in [-0.39, 0.29) is 0 Å². The van der Waals surface area contributed by atoms with Gasteiger partial charge in [-0.1, -0.05) is 30.3 Å². The standard InChI is InChI=1S/C15H16F3N3O3S/c16-15(17,18)25(22,23)24-14-12-6-8-19-9-7-13(12)21(20-14)10-11-4-2-1-3-5-11/h1-5,19H,6-10H2. The predicted molar refractivity (Wildman–Crippen MR) is 83.7 cm³/mol. The zero-order chi connectivity index (χ0) is 18.1. The Morgan fingerprint density at radius 3 is 2.52 bits per heavy atom. The molecule has 25 heavy (non-hydrogen) atoms. The monoisotopic (exact) mass is 375 g/mol. The molecule has 0 aliphatic carbocycles. The van der Waals surface area contributed by atoms with Gasteiger partial charge in [0.15, 0.2) is 0 Å². The summed E-state index contributed by atoms with van der Waals surface area (Å²) in [5.74, 6) is -0.494. The van der Waals surface area contributed by atoms with E-state index in [1.807, 2.05) is 30.3 Å². The number of alkyl halides is 3. The van der Waals surface area contributed by atoms with Crippen LogP contribution in [0.15, 0.2) is 30.3 Å². The minimum Gasteiger partial charge on any atom is -0.353 e. The van der Waals surface area contributed by atoms with E-state index in [2.05, 4.69) is 14.6 Å². The van der Waals surface area contributed by atoms with Crippen LogP contribution in [-0.2, 0) is 29.5 Å². The van der Waals surface area contributed by atoms with Gasteiger partial charge in [0.05, 0.1) is 6.54 Å². The fourth-order valence-corrected chi connectivity index (χ4v) is 3.13. The first kappa shape index (κ1) is 17.7. The molecule has 0 saturated carbocycles. The van der Waals surface area contributed by atoms with Gasteiger partial charge >= 0.3 is 15.6 Å². The van der Waals surface area contributed by atoms with E-state index in [0.717, 1.165) is 5.56 Å². The third kappa shape index (κ3) is 3.79. The molecule has 0 saturated heterocycles. The van der Waals surface area contributed by atoms with Crippen LogP contribution >= 0.6 is 0 Å². The van der Waals surface area contributed by atoms with Crippen LogP contribution in [0.25, 0.3) is 0 Å². The summed E-state index contributed by atoms with van der Waals surface area (Å²) in [4.78, 5) is 0. The van der Waals surface area contributed by atoms with Crippen molar-refractivity contribution in [2.45, 2.75) is 24.9 Å². The number of rotatable bonds is 4. The van der Waals surface area contributed by atoms with Crippen LogP contribution in [0.2, 0.25) is 0 Å². The molecular weight excluding hydrogens is 359 g/mol. The van der Waals surface area contributed by atoms with Gasteiger partial charge in [0, 0.05) is 24.2 Å². The number of benzene rings is 1. The van der Waals surface area contributed by atoms with Crippen molar-refractivity contribution in [3.8, 4) is 5.88 Å². The van der Waals surface area contributed by atoms with Gasteiger partial charge < -0.3 is 9.50 Å². The summed E-state index contributed by atoms with van der Waals surface area (Å²) in [7, 11) is -5.75. The Balaban J connectivity index is 1.99. The zero-order valence-corrected chi connectivity index (χ0v) is 13.9. The average Bonchev–Trinajstić information content (AvgIpc) is 2.73. The first-order chi connectivity index (χ1) is 11.8. The van der Waals surface area contributed by atoms with E-state index in [4.69, 9.17) is 0 Å². The molecule has 1 N–H and O–H groups in total. The first-order valence-corrected chi connectivity index (χ1v) is 9.03. The summed E-state index contributed by atoms with van der Waals surface area (Å²) in [6, 6.07) is 9.24. The van der Waals surface area contributed by atoms with E-state index in [1.165, 1.54) is 4.68 Å². The van der Waals surface area contributed by atoms with E-state index in [1.54, 1.807) is 0 Å². The van der Waals surface area contributed by atoms with Gasteiger partial charge in [-0.2, -0.15) is 21.6 Å². The van der Waals surface area contributed by atoms with Crippen LogP contribution in [0.4, 0.5) is 13.2 Å². The van der Waals surface area contributed by atoms with Crippen molar-refractivity contribution in [3.05, 3.63) is 47.2 Å². The molecule has 136 valence electrons. The molecule has 0 spiro atoms. The molecule has 0 unspecified atom stereocenters. The van der Waals surface area contributed by atoms with Gasteiger partial charge in [-0.15, -0.1) is 5.10 Å². The molecule has 1 aliphatic rings. The highest BCUT2D eigenvalue weighted by Gasteiger charge is 2.49. The minimum absolute atomic E-state index is 0.318. The van der Waals surface area contributed by atoms with Crippen molar-refractivity contribution in [1.29, 1.82) is 0 Å². The Morgan fingerprint density at radius 1 is 1.16 bits per heavy atom. The highest BCUT2D eigenvalue weighted by atomic mass is 32.2. The van der Waals surface area contributed by atoms with Gasteiger partial charge in [0.25, 0.3) is 5.88 Å². The van der Waals surface area contributed by atoms with Crippen molar-refractivity contribution in [2.24, 2.45) is 0 Å². The maximum atomic E-state index is 12.6. The second-order valence-electron chi connectivity index (χ2n) is 5.61. The van der Waals surface area contributed by atoms with Gasteiger partial charge in [-0.25, -0.2) is 0 Å². The summed E-state index contributed by atoms with van der Waals surface area (Å²) in [6.07, 6.45) is 0.859. The highest BCUT2D eigenvalue weighted by molar-refractivity contribution is 7.87. The number of nitrogens with one attached hydrogen (secondary N) is 1. The van der Waals surface area contributed by atoms with Gasteiger partial charge in [0.1, 0.15) is 0 Å². The molecule has 2 heterocycles. The molecule has 1 aromatic heterocycles. The lowest BCUT2D eigenvalue weighted by Crippen LogP contribution is -2.28. The quantitative estimate of drug-likeness (QED) is 0.652. The molecule has 3 rings (SSSR count). The number of aromatic nitrogens is 2. The summed E-state index contributed by atoms with van der Waals surface area (Å²) < 4.78 is 66.4. The Kier molecular flexibility index (Phi) is 4.74. The number of hydrogen-bond acceptors (Lipinski definition) is 5. The highest BCUT2D eigenvalue weighted by Crippen LogP contribution is 2.31. The summed E-state index contributed by atoms with van der Waals surface area (Å²) in [5.41, 5.74) is -3.52. The van der Waals surface area contributed by atoms with Crippen molar-refractivity contribution < 1.29 is 25.8 Å². The van der Waals surface area contributed by atoms with Crippen molar-refractivity contribution in [2.75, 3.05) is 13.1 Å². The number of nitrogens with zero attached hydrogens (tertiary/aromatic N) is 2. The Morgan fingerprint density at radius 2 is 1.84 bits per heavy atom. The molecule has 0 fully saturated rings. The third-order valence-corrected chi connectivity index (χ3v) is 4.81. The second-order valence-corrected chi connectivity index (χ2v) is 7.14. The largest absolute Gasteiger partial charge is 0.534 e. The Hall–Kier alpha value is -2.07. The lowest BCUT2D eigenvalue weighted by atomic mass is 10.1. The van der Waals surface area contributed by atoms with E-state index in [9.17, 15) is 21.6 Å². The van der Waals surface area contributed by atoms with Crippen LogP contribution in [0.5, 0.6) is 5.88 Å². The van der Waals surface area contributed by atoms with Gasteiger partial charge in [-0.3, -0.25) is 4.68 Å². The van der Waals surface area contributed by atoms with Crippen LogP contribution in [0, 0.1) is 0 Å². The topological polar surface area (TPSA) is 73.2 Å². The van der Waals surface area contributed by atoms with Crippen LogP contribution in [0.1, 0.15) is 16.8 Å². The second kappa shape index (κ2) is 6.68. The molecule has 1 aromatic carbocycles. The molecule has 6 nitrogen and oxygen atoms in total. The smallest absolute Gasteiger partial charge is 0.353 e. The summed E-state index contributed by atoms with van der Waals surface area (Å²) in [5, 5.41) is 7.14. The fraction of sp³-hybridized carbons (Fsp3) is 0.400.